The van der Waals surface area contributed by atoms with E-state index in [1.54, 1.807) is 0 Å². The Balaban J connectivity index is 1.99. The lowest BCUT2D eigenvalue weighted by Crippen LogP contribution is -2.54. The van der Waals surface area contributed by atoms with E-state index in [2.05, 4.69) is 31.1 Å². The average molecular weight is 282 g/mol. The van der Waals surface area contributed by atoms with E-state index in [-0.39, 0.29) is 5.97 Å². The maximum absolute atomic E-state index is 12.4. The Morgan fingerprint density at radius 2 is 2.10 bits per heavy atom. The first-order valence-corrected chi connectivity index (χ1v) is 8.12. The lowest BCUT2D eigenvalue weighted by molar-refractivity contribution is -0.151. The van der Waals surface area contributed by atoms with Crippen molar-refractivity contribution in [1.82, 2.24) is 10.2 Å². The van der Waals surface area contributed by atoms with Crippen molar-refractivity contribution in [3.63, 3.8) is 0 Å². The third-order valence-corrected chi connectivity index (χ3v) is 4.59. The van der Waals surface area contributed by atoms with E-state index in [9.17, 15) is 4.79 Å². The Kier molecular flexibility index (Phi) is 5.08. The SMILES string of the molecule is CCOC(=O)C1(NC(C)C)CCC(N(C)CC2CC2)C1. The van der Waals surface area contributed by atoms with E-state index >= 15 is 0 Å². The van der Waals surface area contributed by atoms with E-state index in [1.165, 1.54) is 19.4 Å². The van der Waals surface area contributed by atoms with Gasteiger partial charge in [0.2, 0.25) is 0 Å². The van der Waals surface area contributed by atoms with Gasteiger partial charge < -0.3 is 9.64 Å². The Hall–Kier alpha value is -0.610. The predicted molar refractivity (Wildman–Crippen MR) is 80.6 cm³/mol. The molecule has 0 radical (unpaired) electrons. The summed E-state index contributed by atoms with van der Waals surface area (Å²) in [5.74, 6) is 0.840. The average Bonchev–Trinajstić information content (AvgIpc) is 3.07. The molecule has 2 saturated carbocycles. The zero-order valence-electron chi connectivity index (χ0n) is 13.4. The zero-order chi connectivity index (χ0) is 14.8. The van der Waals surface area contributed by atoms with Gasteiger partial charge in [-0.1, -0.05) is 0 Å². The molecule has 0 spiro atoms. The minimum Gasteiger partial charge on any atom is -0.465 e. The zero-order valence-corrected chi connectivity index (χ0v) is 13.4. The number of nitrogens with zero attached hydrogens (tertiary/aromatic N) is 1. The van der Waals surface area contributed by atoms with Crippen LogP contribution < -0.4 is 5.32 Å². The molecule has 4 heteroatoms. The van der Waals surface area contributed by atoms with E-state index in [0.717, 1.165) is 25.2 Å². The van der Waals surface area contributed by atoms with Gasteiger partial charge in [-0.2, -0.15) is 0 Å². The first kappa shape index (κ1) is 15.8. The third-order valence-electron chi connectivity index (χ3n) is 4.59. The van der Waals surface area contributed by atoms with Gasteiger partial charge in [0, 0.05) is 18.6 Å². The highest BCUT2D eigenvalue weighted by Crippen LogP contribution is 2.37. The highest BCUT2D eigenvalue weighted by molar-refractivity contribution is 5.81. The Morgan fingerprint density at radius 3 is 2.65 bits per heavy atom. The largest absolute Gasteiger partial charge is 0.465 e. The fourth-order valence-electron chi connectivity index (χ4n) is 3.45. The number of carbonyl (C=O) groups excluding carboxylic acids is 1. The van der Waals surface area contributed by atoms with Crippen LogP contribution in [0.4, 0.5) is 0 Å². The summed E-state index contributed by atoms with van der Waals surface area (Å²) in [4.78, 5) is 14.9. The molecular weight excluding hydrogens is 252 g/mol. The summed E-state index contributed by atoms with van der Waals surface area (Å²) >= 11 is 0. The van der Waals surface area contributed by atoms with Crippen LogP contribution in [0.2, 0.25) is 0 Å². The molecule has 0 aromatic carbocycles. The van der Waals surface area contributed by atoms with Gasteiger partial charge in [-0.05, 0) is 65.8 Å². The summed E-state index contributed by atoms with van der Waals surface area (Å²) < 4.78 is 5.33. The standard InChI is InChI=1S/C16H30N2O2/c1-5-20-15(19)16(17-12(2)3)9-8-14(10-16)18(4)11-13-6-7-13/h12-14,17H,5-11H2,1-4H3. The summed E-state index contributed by atoms with van der Waals surface area (Å²) in [6.07, 6.45) is 5.62. The quantitative estimate of drug-likeness (QED) is 0.727. The maximum Gasteiger partial charge on any atom is 0.326 e. The van der Waals surface area contributed by atoms with Crippen LogP contribution in [-0.4, -0.2) is 48.7 Å². The third kappa shape index (κ3) is 3.73. The van der Waals surface area contributed by atoms with Crippen LogP contribution in [0.25, 0.3) is 0 Å². The molecule has 2 aliphatic carbocycles. The molecule has 4 nitrogen and oxygen atoms in total. The molecule has 0 aliphatic heterocycles. The number of rotatable bonds is 7. The van der Waals surface area contributed by atoms with Crippen molar-refractivity contribution >= 4 is 5.97 Å². The molecule has 1 N–H and O–H groups in total. The predicted octanol–water partition coefficient (Wildman–Crippen LogP) is 2.18. The van der Waals surface area contributed by atoms with Gasteiger partial charge in [-0.3, -0.25) is 10.1 Å². The second kappa shape index (κ2) is 6.44. The summed E-state index contributed by atoms with van der Waals surface area (Å²) in [6.45, 7) is 7.73. The van der Waals surface area contributed by atoms with Gasteiger partial charge in [0.25, 0.3) is 0 Å². The number of hydrogen-bond donors (Lipinski definition) is 1. The number of nitrogens with one attached hydrogen (secondary N) is 1. The minimum atomic E-state index is -0.466. The summed E-state index contributed by atoms with van der Waals surface area (Å²) in [5, 5.41) is 3.49. The molecule has 20 heavy (non-hydrogen) atoms. The molecule has 2 unspecified atom stereocenters. The van der Waals surface area contributed by atoms with Crippen molar-refractivity contribution in [3.05, 3.63) is 0 Å². The fraction of sp³-hybridized carbons (Fsp3) is 0.938. The summed E-state index contributed by atoms with van der Waals surface area (Å²) in [6, 6.07) is 0.804. The van der Waals surface area contributed by atoms with Gasteiger partial charge in [-0.25, -0.2) is 0 Å². The highest BCUT2D eigenvalue weighted by atomic mass is 16.5. The van der Waals surface area contributed by atoms with Crippen LogP contribution in [0.1, 0.15) is 52.9 Å². The van der Waals surface area contributed by atoms with Crippen molar-refractivity contribution in [3.8, 4) is 0 Å². The van der Waals surface area contributed by atoms with E-state index < -0.39 is 5.54 Å². The Bertz CT molecular complexity index is 341. The smallest absolute Gasteiger partial charge is 0.326 e. The van der Waals surface area contributed by atoms with Crippen molar-refractivity contribution in [2.45, 2.75) is 70.5 Å². The van der Waals surface area contributed by atoms with E-state index in [4.69, 9.17) is 4.74 Å². The first-order valence-electron chi connectivity index (χ1n) is 8.12. The Morgan fingerprint density at radius 1 is 1.40 bits per heavy atom. The van der Waals surface area contributed by atoms with Crippen molar-refractivity contribution in [1.29, 1.82) is 0 Å². The molecule has 116 valence electrons. The normalized spacial score (nSPS) is 30.2. The van der Waals surface area contributed by atoms with Crippen LogP contribution in [0.5, 0.6) is 0 Å². The second-order valence-corrected chi connectivity index (χ2v) is 6.88. The summed E-state index contributed by atoms with van der Waals surface area (Å²) in [7, 11) is 2.21. The van der Waals surface area contributed by atoms with Gasteiger partial charge in [0.05, 0.1) is 6.61 Å². The van der Waals surface area contributed by atoms with Gasteiger partial charge in [-0.15, -0.1) is 0 Å². The van der Waals surface area contributed by atoms with Crippen LogP contribution >= 0.6 is 0 Å². The Labute approximate surface area is 123 Å². The maximum atomic E-state index is 12.4. The molecule has 0 saturated heterocycles. The molecule has 0 aromatic rings. The highest BCUT2D eigenvalue weighted by Gasteiger charge is 2.48. The van der Waals surface area contributed by atoms with Crippen LogP contribution in [0.15, 0.2) is 0 Å². The van der Waals surface area contributed by atoms with Crippen molar-refractivity contribution < 1.29 is 9.53 Å². The first-order chi connectivity index (χ1) is 9.47. The molecule has 0 aromatic heterocycles. The minimum absolute atomic E-state index is 0.0592. The lowest BCUT2D eigenvalue weighted by atomic mass is 9.96. The van der Waals surface area contributed by atoms with E-state index in [0.29, 0.717) is 18.7 Å². The number of esters is 1. The van der Waals surface area contributed by atoms with Crippen LogP contribution in [0, 0.1) is 5.92 Å². The van der Waals surface area contributed by atoms with Crippen molar-refractivity contribution in [2.24, 2.45) is 5.92 Å². The van der Waals surface area contributed by atoms with E-state index in [1.807, 2.05) is 6.92 Å². The fourth-order valence-corrected chi connectivity index (χ4v) is 3.45. The van der Waals surface area contributed by atoms with Gasteiger partial charge in [0.1, 0.15) is 5.54 Å². The molecule has 0 amide bonds. The monoisotopic (exact) mass is 282 g/mol. The topological polar surface area (TPSA) is 41.6 Å². The van der Waals surface area contributed by atoms with Crippen LogP contribution in [0.3, 0.4) is 0 Å². The number of ether oxygens (including phenoxy) is 1. The van der Waals surface area contributed by atoms with Crippen molar-refractivity contribution in [2.75, 3.05) is 20.2 Å². The lowest BCUT2D eigenvalue weighted by Gasteiger charge is -2.32. The molecule has 2 aliphatic rings. The molecular formula is C16H30N2O2. The molecule has 0 bridgehead atoms. The van der Waals surface area contributed by atoms with Crippen LogP contribution in [-0.2, 0) is 9.53 Å². The second-order valence-electron chi connectivity index (χ2n) is 6.88. The molecule has 2 atom stereocenters. The van der Waals surface area contributed by atoms with Gasteiger partial charge >= 0.3 is 5.97 Å². The molecule has 2 rings (SSSR count). The number of hydrogen-bond acceptors (Lipinski definition) is 4. The number of carbonyl (C=O) groups is 1. The summed E-state index contributed by atoms with van der Waals surface area (Å²) in [5.41, 5.74) is -0.466. The molecule has 2 fully saturated rings. The van der Waals surface area contributed by atoms with Gasteiger partial charge in [0.15, 0.2) is 0 Å². The molecule has 0 heterocycles.